The van der Waals surface area contributed by atoms with Gasteiger partial charge in [-0.3, -0.25) is 4.79 Å². The molecule has 0 N–H and O–H groups in total. The van der Waals surface area contributed by atoms with Gasteiger partial charge in [0.05, 0.1) is 0 Å². The summed E-state index contributed by atoms with van der Waals surface area (Å²) in [7, 11) is 5.62. The van der Waals surface area contributed by atoms with E-state index >= 15 is 0 Å². The lowest BCUT2D eigenvalue weighted by Crippen LogP contribution is -2.42. The van der Waals surface area contributed by atoms with Crippen molar-refractivity contribution in [2.24, 2.45) is 0 Å². The summed E-state index contributed by atoms with van der Waals surface area (Å²) in [5, 5.41) is 0. The molecule has 1 atom stereocenters. The molecule has 1 heterocycles. The fourth-order valence-corrected chi connectivity index (χ4v) is 1.66. The van der Waals surface area contributed by atoms with E-state index in [1.165, 1.54) is 4.81 Å². The highest BCUT2D eigenvalue weighted by molar-refractivity contribution is 6.19. The molecule has 0 aliphatic carbocycles. The van der Waals surface area contributed by atoms with Gasteiger partial charge in [0.25, 0.3) is 0 Å². The molecular formula is C10H10BNO. The number of hydrogen-bond acceptors (Lipinski definition) is 1. The summed E-state index contributed by atoms with van der Waals surface area (Å²) in [6, 6.07) is 7.72. The Hall–Kier alpha value is -1.25. The zero-order valence-electron chi connectivity index (χ0n) is 7.53. The minimum absolute atomic E-state index is 0.0747. The molecule has 1 aromatic carbocycles. The van der Waals surface area contributed by atoms with Gasteiger partial charge in [-0.15, -0.1) is 0 Å². The first-order valence-corrected chi connectivity index (χ1v) is 4.36. The topological polar surface area (TPSA) is 20.3 Å². The minimum atomic E-state index is -0.0747. The van der Waals surface area contributed by atoms with E-state index in [-0.39, 0.29) is 11.9 Å². The second-order valence-electron chi connectivity index (χ2n) is 3.42. The lowest BCUT2D eigenvalue weighted by Gasteiger charge is -2.31. The van der Waals surface area contributed by atoms with E-state index in [0.29, 0.717) is 0 Å². The number of benzene rings is 1. The molecule has 1 amide bonds. The van der Waals surface area contributed by atoms with Crippen LogP contribution in [0.25, 0.3) is 0 Å². The first kappa shape index (κ1) is 8.36. The summed E-state index contributed by atoms with van der Waals surface area (Å²) in [6.45, 7) is 1.95. The Morgan fingerprint density at radius 2 is 2.15 bits per heavy atom. The van der Waals surface area contributed by atoms with Crippen molar-refractivity contribution in [3.8, 4) is 0 Å². The van der Waals surface area contributed by atoms with Crippen LogP contribution in [0.5, 0.6) is 0 Å². The fraction of sp³-hybridized carbons (Fsp3) is 0.300. The van der Waals surface area contributed by atoms with Gasteiger partial charge in [-0.2, -0.15) is 0 Å². The molecule has 0 fully saturated rings. The number of nitrogens with zero attached hydrogens (tertiary/aromatic N) is 1. The van der Waals surface area contributed by atoms with E-state index in [0.717, 1.165) is 17.5 Å². The fourth-order valence-electron chi connectivity index (χ4n) is 1.66. The van der Waals surface area contributed by atoms with Crippen LogP contribution >= 0.6 is 0 Å². The van der Waals surface area contributed by atoms with Crippen molar-refractivity contribution in [3.05, 3.63) is 35.4 Å². The van der Waals surface area contributed by atoms with Crippen molar-refractivity contribution < 1.29 is 4.79 Å². The Morgan fingerprint density at radius 1 is 1.46 bits per heavy atom. The van der Waals surface area contributed by atoms with Crippen LogP contribution < -0.4 is 0 Å². The summed E-state index contributed by atoms with van der Waals surface area (Å²) in [5.74, 6) is -0.0747. The molecule has 64 valence electrons. The molecule has 1 aromatic rings. The van der Waals surface area contributed by atoms with Crippen LogP contribution in [-0.4, -0.2) is 24.7 Å². The van der Waals surface area contributed by atoms with E-state index in [4.69, 9.17) is 7.98 Å². The summed E-state index contributed by atoms with van der Waals surface area (Å²) in [5.41, 5.74) is 1.84. The number of hydrogen-bond donors (Lipinski definition) is 0. The lowest BCUT2D eigenvalue weighted by atomic mass is 9.92. The summed E-state index contributed by atoms with van der Waals surface area (Å²) in [4.78, 5) is 12.9. The summed E-state index contributed by atoms with van der Waals surface area (Å²) in [6.07, 6.45) is 0.846. The first-order valence-electron chi connectivity index (χ1n) is 4.36. The third-order valence-electron chi connectivity index (χ3n) is 2.47. The van der Waals surface area contributed by atoms with Crippen LogP contribution in [0.1, 0.15) is 22.8 Å². The Labute approximate surface area is 79.0 Å². The molecular weight excluding hydrogens is 161 g/mol. The molecule has 1 aliphatic heterocycles. The van der Waals surface area contributed by atoms with Crippen LogP contribution in [0.2, 0.25) is 0 Å². The monoisotopic (exact) mass is 171 g/mol. The van der Waals surface area contributed by atoms with Crippen molar-refractivity contribution in [1.82, 2.24) is 4.81 Å². The Morgan fingerprint density at radius 3 is 2.92 bits per heavy atom. The van der Waals surface area contributed by atoms with Crippen LogP contribution in [0, 0.1) is 0 Å². The van der Waals surface area contributed by atoms with Crippen molar-refractivity contribution >= 4 is 13.9 Å². The molecule has 2 rings (SSSR count). The highest BCUT2D eigenvalue weighted by Gasteiger charge is 2.25. The van der Waals surface area contributed by atoms with E-state index in [1.807, 2.05) is 31.2 Å². The van der Waals surface area contributed by atoms with Gasteiger partial charge in [0, 0.05) is 11.6 Å². The molecule has 0 saturated carbocycles. The molecule has 2 nitrogen and oxygen atoms in total. The maximum Gasteiger partial charge on any atom is 0.241 e. The maximum atomic E-state index is 11.6. The van der Waals surface area contributed by atoms with Gasteiger partial charge in [0.2, 0.25) is 13.9 Å². The second kappa shape index (κ2) is 2.91. The van der Waals surface area contributed by atoms with E-state index in [2.05, 4.69) is 0 Å². The molecule has 3 heteroatoms. The SMILES string of the molecule is [B]N1C(=O)c2ccccc2CC1C. The Kier molecular flexibility index (Phi) is 1.87. The van der Waals surface area contributed by atoms with Crippen molar-refractivity contribution in [3.63, 3.8) is 0 Å². The lowest BCUT2D eigenvalue weighted by molar-refractivity contribution is 0.0812. The highest BCUT2D eigenvalue weighted by atomic mass is 16.2. The number of fused-ring (bicyclic) bond motifs is 1. The van der Waals surface area contributed by atoms with Crippen LogP contribution in [0.3, 0.4) is 0 Å². The summed E-state index contributed by atoms with van der Waals surface area (Å²) < 4.78 is 0. The van der Waals surface area contributed by atoms with Gasteiger partial charge in [-0.25, -0.2) is 0 Å². The zero-order valence-corrected chi connectivity index (χ0v) is 7.53. The second-order valence-corrected chi connectivity index (χ2v) is 3.42. The number of carbonyl (C=O) groups excluding carboxylic acids is 1. The molecule has 0 spiro atoms. The van der Waals surface area contributed by atoms with Crippen LogP contribution in [0.4, 0.5) is 0 Å². The quantitative estimate of drug-likeness (QED) is 0.536. The Balaban J connectivity index is 2.49. The van der Waals surface area contributed by atoms with Gasteiger partial charge in [0.15, 0.2) is 0 Å². The molecule has 1 aliphatic rings. The normalized spacial score (nSPS) is 21.5. The molecule has 0 saturated heterocycles. The van der Waals surface area contributed by atoms with Crippen molar-refractivity contribution in [2.75, 3.05) is 0 Å². The number of amides is 1. The molecule has 0 aromatic heterocycles. The van der Waals surface area contributed by atoms with Crippen molar-refractivity contribution in [1.29, 1.82) is 0 Å². The average Bonchev–Trinajstić information content (AvgIpc) is 2.15. The van der Waals surface area contributed by atoms with Crippen molar-refractivity contribution in [2.45, 2.75) is 19.4 Å². The van der Waals surface area contributed by atoms with Crippen LogP contribution in [0.15, 0.2) is 24.3 Å². The van der Waals surface area contributed by atoms with Gasteiger partial charge in [0.1, 0.15) is 0 Å². The molecule has 2 radical (unpaired) electrons. The van der Waals surface area contributed by atoms with E-state index < -0.39 is 0 Å². The Bertz CT molecular complexity index is 351. The minimum Gasteiger partial charge on any atom is -0.390 e. The average molecular weight is 171 g/mol. The largest absolute Gasteiger partial charge is 0.390 e. The predicted molar refractivity (Wildman–Crippen MR) is 51.5 cm³/mol. The number of rotatable bonds is 0. The smallest absolute Gasteiger partial charge is 0.241 e. The number of carbonyl (C=O) groups is 1. The molecule has 0 bridgehead atoms. The van der Waals surface area contributed by atoms with Gasteiger partial charge >= 0.3 is 0 Å². The standard InChI is InChI=1S/C10H10BNO/c1-7-6-8-4-2-3-5-9(8)10(13)12(7)11/h2-5,7H,6H2,1H3. The zero-order chi connectivity index (χ0) is 9.42. The predicted octanol–water partition coefficient (Wildman–Crippen LogP) is 1.16. The third kappa shape index (κ3) is 1.24. The van der Waals surface area contributed by atoms with Crippen LogP contribution in [-0.2, 0) is 6.42 Å². The van der Waals surface area contributed by atoms with Gasteiger partial charge < -0.3 is 4.81 Å². The van der Waals surface area contributed by atoms with Gasteiger partial charge in [-0.1, -0.05) is 18.2 Å². The van der Waals surface area contributed by atoms with E-state index in [9.17, 15) is 4.79 Å². The summed E-state index contributed by atoms with van der Waals surface area (Å²) >= 11 is 0. The third-order valence-corrected chi connectivity index (χ3v) is 2.47. The molecule has 13 heavy (non-hydrogen) atoms. The first-order chi connectivity index (χ1) is 6.20. The maximum absolute atomic E-state index is 11.6. The van der Waals surface area contributed by atoms with Gasteiger partial charge in [-0.05, 0) is 25.0 Å². The molecule has 1 unspecified atom stereocenters. The highest BCUT2D eigenvalue weighted by Crippen LogP contribution is 2.20. The van der Waals surface area contributed by atoms with E-state index in [1.54, 1.807) is 0 Å².